The van der Waals surface area contributed by atoms with E-state index in [1.54, 1.807) is 10.6 Å². The predicted molar refractivity (Wildman–Crippen MR) is 81.5 cm³/mol. The summed E-state index contributed by atoms with van der Waals surface area (Å²) in [6.45, 7) is 2.51. The highest BCUT2D eigenvalue weighted by Gasteiger charge is 2.29. The average Bonchev–Trinajstić information content (AvgIpc) is 3.27. The lowest BCUT2D eigenvalue weighted by molar-refractivity contribution is 0.342. The molecule has 3 aromatic rings. The minimum absolute atomic E-state index is 0.262. The van der Waals surface area contributed by atoms with Gasteiger partial charge in [-0.15, -0.1) is 0 Å². The summed E-state index contributed by atoms with van der Waals surface area (Å²) < 4.78 is 20.9. The van der Waals surface area contributed by atoms with Crippen LogP contribution in [0, 0.1) is 5.82 Å². The normalized spacial score (nSPS) is 14.5. The molecule has 2 aromatic heterocycles. The zero-order valence-corrected chi connectivity index (χ0v) is 12.3. The molecular formula is C17H16FN3O. The summed E-state index contributed by atoms with van der Waals surface area (Å²) in [6.07, 6.45) is 2.27. The fourth-order valence-corrected chi connectivity index (χ4v) is 2.60. The first-order chi connectivity index (χ1) is 10.8. The Morgan fingerprint density at radius 1 is 1.27 bits per heavy atom. The second-order valence-corrected chi connectivity index (χ2v) is 5.51. The number of benzene rings is 1. The minimum Gasteiger partial charge on any atom is -0.490 e. The maximum Gasteiger partial charge on any atom is 0.198 e. The van der Waals surface area contributed by atoms with Crippen molar-refractivity contribution < 1.29 is 9.13 Å². The Labute approximate surface area is 127 Å². The molecule has 4 nitrogen and oxygen atoms in total. The largest absolute Gasteiger partial charge is 0.490 e. The van der Waals surface area contributed by atoms with E-state index in [4.69, 9.17) is 4.74 Å². The SMILES string of the molecule is CCOc1ccc(-c2cccc(F)c2)n2nc(C3CC3)nc12. The van der Waals surface area contributed by atoms with E-state index >= 15 is 0 Å². The van der Waals surface area contributed by atoms with Crippen molar-refractivity contribution >= 4 is 5.65 Å². The molecule has 5 heteroatoms. The number of hydrogen-bond acceptors (Lipinski definition) is 3. The summed E-state index contributed by atoms with van der Waals surface area (Å²) in [5, 5.41) is 4.63. The molecule has 1 aliphatic rings. The molecule has 1 aliphatic carbocycles. The zero-order chi connectivity index (χ0) is 15.1. The molecule has 1 saturated carbocycles. The van der Waals surface area contributed by atoms with Crippen LogP contribution in [0.25, 0.3) is 16.9 Å². The molecule has 0 spiro atoms. The molecule has 1 aromatic carbocycles. The van der Waals surface area contributed by atoms with Crippen LogP contribution in [0.1, 0.15) is 31.5 Å². The van der Waals surface area contributed by atoms with Crippen molar-refractivity contribution in [3.63, 3.8) is 0 Å². The number of ether oxygens (including phenoxy) is 1. The van der Waals surface area contributed by atoms with Gasteiger partial charge in [-0.3, -0.25) is 0 Å². The Kier molecular flexibility index (Phi) is 3.06. The zero-order valence-electron chi connectivity index (χ0n) is 12.3. The second kappa shape index (κ2) is 5.09. The van der Waals surface area contributed by atoms with Gasteiger partial charge in [-0.2, -0.15) is 5.10 Å². The molecule has 0 saturated heterocycles. The van der Waals surface area contributed by atoms with Crippen LogP contribution in [-0.4, -0.2) is 21.2 Å². The lowest BCUT2D eigenvalue weighted by atomic mass is 10.1. The smallest absolute Gasteiger partial charge is 0.198 e. The highest BCUT2D eigenvalue weighted by Crippen LogP contribution is 2.39. The van der Waals surface area contributed by atoms with E-state index in [2.05, 4.69) is 10.1 Å². The van der Waals surface area contributed by atoms with Gasteiger partial charge in [0, 0.05) is 11.5 Å². The van der Waals surface area contributed by atoms with Gasteiger partial charge >= 0.3 is 0 Å². The molecule has 0 atom stereocenters. The lowest BCUT2D eigenvalue weighted by Gasteiger charge is -2.08. The average molecular weight is 297 g/mol. The quantitative estimate of drug-likeness (QED) is 0.735. The topological polar surface area (TPSA) is 39.4 Å². The summed E-state index contributed by atoms with van der Waals surface area (Å²) in [7, 11) is 0. The van der Waals surface area contributed by atoms with E-state index in [1.807, 2.05) is 25.1 Å². The maximum atomic E-state index is 13.5. The van der Waals surface area contributed by atoms with Gasteiger partial charge in [-0.1, -0.05) is 12.1 Å². The molecule has 2 heterocycles. The van der Waals surface area contributed by atoms with Gasteiger partial charge in [0.05, 0.1) is 12.3 Å². The molecule has 0 aliphatic heterocycles. The fourth-order valence-electron chi connectivity index (χ4n) is 2.60. The van der Waals surface area contributed by atoms with Gasteiger partial charge in [0.2, 0.25) is 0 Å². The van der Waals surface area contributed by atoms with Crippen LogP contribution < -0.4 is 4.74 Å². The molecule has 4 rings (SSSR count). The summed E-state index contributed by atoms with van der Waals surface area (Å²) >= 11 is 0. The standard InChI is InChI=1S/C17H16FN3O/c1-2-22-15-9-8-14(12-4-3-5-13(18)10-12)21-17(15)19-16(20-21)11-6-7-11/h3-5,8-11H,2,6-7H2,1H3. The van der Waals surface area contributed by atoms with Crippen molar-refractivity contribution in [1.29, 1.82) is 0 Å². The summed E-state index contributed by atoms with van der Waals surface area (Å²) in [5.41, 5.74) is 2.29. The Balaban J connectivity index is 1.93. The Bertz CT molecular complexity index is 839. The van der Waals surface area contributed by atoms with Crippen molar-refractivity contribution in [2.75, 3.05) is 6.61 Å². The molecule has 112 valence electrons. The number of pyridine rings is 1. The van der Waals surface area contributed by atoms with Crippen molar-refractivity contribution in [2.24, 2.45) is 0 Å². The highest BCUT2D eigenvalue weighted by molar-refractivity contribution is 5.67. The second-order valence-electron chi connectivity index (χ2n) is 5.51. The van der Waals surface area contributed by atoms with E-state index in [9.17, 15) is 4.39 Å². The van der Waals surface area contributed by atoms with Gasteiger partial charge in [0.1, 0.15) is 5.82 Å². The Morgan fingerprint density at radius 2 is 2.14 bits per heavy atom. The summed E-state index contributed by atoms with van der Waals surface area (Å²) in [4.78, 5) is 4.63. The van der Waals surface area contributed by atoms with Crippen molar-refractivity contribution in [1.82, 2.24) is 14.6 Å². The summed E-state index contributed by atoms with van der Waals surface area (Å²) in [5.74, 6) is 1.75. The number of nitrogens with zero attached hydrogens (tertiary/aromatic N) is 3. The summed E-state index contributed by atoms with van der Waals surface area (Å²) in [6, 6.07) is 10.3. The maximum absolute atomic E-state index is 13.5. The first-order valence-electron chi connectivity index (χ1n) is 7.54. The number of hydrogen-bond donors (Lipinski definition) is 0. The highest BCUT2D eigenvalue weighted by atomic mass is 19.1. The monoisotopic (exact) mass is 297 g/mol. The fraction of sp³-hybridized carbons (Fsp3) is 0.294. The van der Waals surface area contributed by atoms with E-state index in [1.165, 1.54) is 12.1 Å². The third kappa shape index (κ3) is 2.22. The van der Waals surface area contributed by atoms with Gasteiger partial charge < -0.3 is 4.74 Å². The molecule has 22 heavy (non-hydrogen) atoms. The number of rotatable bonds is 4. The lowest BCUT2D eigenvalue weighted by Crippen LogP contribution is -1.99. The van der Waals surface area contributed by atoms with E-state index in [0.29, 0.717) is 23.9 Å². The van der Waals surface area contributed by atoms with Gasteiger partial charge in [-0.05, 0) is 44.0 Å². The van der Waals surface area contributed by atoms with Crippen LogP contribution in [-0.2, 0) is 0 Å². The Hall–Kier alpha value is -2.43. The molecule has 0 bridgehead atoms. The van der Waals surface area contributed by atoms with Crippen LogP contribution in [0.4, 0.5) is 4.39 Å². The molecule has 0 amide bonds. The van der Waals surface area contributed by atoms with Gasteiger partial charge in [0.15, 0.2) is 17.2 Å². The van der Waals surface area contributed by atoms with Crippen LogP contribution in [0.5, 0.6) is 5.75 Å². The number of halogens is 1. The first-order valence-corrected chi connectivity index (χ1v) is 7.54. The first kappa shape index (κ1) is 13.2. The van der Waals surface area contributed by atoms with Gasteiger partial charge in [-0.25, -0.2) is 13.9 Å². The predicted octanol–water partition coefficient (Wildman–Crippen LogP) is 3.81. The molecule has 0 unspecified atom stereocenters. The van der Waals surface area contributed by atoms with E-state index in [-0.39, 0.29) is 5.82 Å². The number of aromatic nitrogens is 3. The minimum atomic E-state index is -0.262. The third-order valence-corrected chi connectivity index (χ3v) is 3.83. The van der Waals surface area contributed by atoms with Crippen LogP contribution >= 0.6 is 0 Å². The molecule has 1 fully saturated rings. The van der Waals surface area contributed by atoms with Crippen molar-refractivity contribution in [3.8, 4) is 17.0 Å². The number of fused-ring (bicyclic) bond motifs is 1. The Morgan fingerprint density at radius 3 is 2.86 bits per heavy atom. The van der Waals surface area contributed by atoms with E-state index < -0.39 is 0 Å². The molecule has 0 N–H and O–H groups in total. The van der Waals surface area contributed by atoms with Crippen LogP contribution in [0.15, 0.2) is 36.4 Å². The van der Waals surface area contributed by atoms with Crippen molar-refractivity contribution in [2.45, 2.75) is 25.7 Å². The molecule has 0 radical (unpaired) electrons. The van der Waals surface area contributed by atoms with Gasteiger partial charge in [0.25, 0.3) is 0 Å². The van der Waals surface area contributed by atoms with Crippen molar-refractivity contribution in [3.05, 3.63) is 48.0 Å². The van der Waals surface area contributed by atoms with Crippen LogP contribution in [0.2, 0.25) is 0 Å². The van der Waals surface area contributed by atoms with Crippen LogP contribution in [0.3, 0.4) is 0 Å². The molecular weight excluding hydrogens is 281 g/mol. The van der Waals surface area contributed by atoms with E-state index in [0.717, 1.165) is 29.9 Å². The third-order valence-electron chi connectivity index (χ3n) is 3.83.